The molecule has 0 bridgehead atoms. The Morgan fingerprint density at radius 2 is 2.05 bits per heavy atom. The summed E-state index contributed by atoms with van der Waals surface area (Å²) in [5, 5.41) is 4.70. The molecule has 0 aliphatic carbocycles. The molecule has 0 aromatic carbocycles. The molecule has 21 heavy (non-hydrogen) atoms. The highest BCUT2D eigenvalue weighted by molar-refractivity contribution is 5.67. The molecule has 0 saturated carbocycles. The number of alkyl carbamates (subject to hydrolysis) is 1. The zero-order chi connectivity index (χ0) is 16.1. The summed E-state index contributed by atoms with van der Waals surface area (Å²) >= 11 is 0. The molecule has 1 amide bonds. The van der Waals surface area contributed by atoms with E-state index in [4.69, 9.17) is 4.74 Å². The zero-order valence-corrected chi connectivity index (χ0v) is 12.7. The number of carbonyl (C=O) groups excluding carboxylic acids is 1. The molecule has 0 spiro atoms. The Hall–Kier alpha value is -1.70. The van der Waals surface area contributed by atoms with E-state index in [-0.39, 0.29) is 6.54 Å². The van der Waals surface area contributed by atoms with Crippen LogP contribution in [0.2, 0.25) is 0 Å². The Labute approximate surface area is 122 Å². The van der Waals surface area contributed by atoms with Gasteiger partial charge in [-0.25, -0.2) is 18.6 Å². The van der Waals surface area contributed by atoms with Crippen molar-refractivity contribution >= 4 is 6.09 Å². The maximum absolute atomic E-state index is 13.6. The van der Waals surface area contributed by atoms with Gasteiger partial charge in [-0.05, 0) is 20.8 Å². The first-order chi connectivity index (χ1) is 9.59. The fourth-order valence-corrected chi connectivity index (χ4v) is 1.51. The van der Waals surface area contributed by atoms with Crippen molar-refractivity contribution in [3.63, 3.8) is 0 Å². The van der Waals surface area contributed by atoms with Crippen LogP contribution in [0.4, 0.5) is 13.6 Å². The summed E-state index contributed by atoms with van der Waals surface area (Å²) in [5.41, 5.74) is 0.0860. The van der Waals surface area contributed by atoms with E-state index in [1.807, 2.05) is 0 Å². The lowest BCUT2D eigenvalue weighted by atomic mass is 10.2. The molecule has 8 heteroatoms. The van der Waals surface area contributed by atoms with Crippen LogP contribution < -0.4 is 10.6 Å². The minimum atomic E-state index is -3.06. The van der Waals surface area contributed by atoms with E-state index >= 15 is 0 Å². The smallest absolute Gasteiger partial charge is 0.407 e. The third-order valence-corrected chi connectivity index (χ3v) is 2.50. The summed E-state index contributed by atoms with van der Waals surface area (Å²) in [7, 11) is 1.78. The fraction of sp³-hybridized carbons (Fsp3) is 0.692. The number of hydrogen-bond donors (Lipinski definition) is 2. The second-order valence-electron chi connectivity index (χ2n) is 5.81. The molecule has 0 aliphatic heterocycles. The van der Waals surface area contributed by atoms with Gasteiger partial charge in [0.15, 0.2) is 0 Å². The Morgan fingerprint density at radius 3 is 2.57 bits per heavy atom. The van der Waals surface area contributed by atoms with Crippen molar-refractivity contribution in [3.05, 3.63) is 18.2 Å². The molecule has 120 valence electrons. The molecule has 0 fully saturated rings. The van der Waals surface area contributed by atoms with E-state index < -0.39 is 30.7 Å². The second kappa shape index (κ2) is 6.84. The molecule has 1 heterocycles. The molecule has 1 aromatic heterocycles. The molecule has 0 aliphatic rings. The van der Waals surface area contributed by atoms with Crippen LogP contribution in [-0.4, -0.2) is 40.3 Å². The average molecular weight is 304 g/mol. The summed E-state index contributed by atoms with van der Waals surface area (Å²) in [5.74, 6) is -3.06. The lowest BCUT2D eigenvalue weighted by Crippen LogP contribution is -2.44. The largest absolute Gasteiger partial charge is 0.444 e. The maximum Gasteiger partial charge on any atom is 0.407 e. The monoisotopic (exact) mass is 304 g/mol. The Morgan fingerprint density at radius 1 is 1.38 bits per heavy atom. The number of amides is 1. The number of ether oxygens (including phenoxy) is 1. The van der Waals surface area contributed by atoms with Gasteiger partial charge in [0.1, 0.15) is 5.60 Å². The molecule has 0 unspecified atom stereocenters. The zero-order valence-electron chi connectivity index (χ0n) is 12.7. The first kappa shape index (κ1) is 17.4. The van der Waals surface area contributed by atoms with Crippen molar-refractivity contribution in [3.8, 4) is 0 Å². The number of carbonyl (C=O) groups is 1. The predicted octanol–water partition coefficient (Wildman–Crippen LogP) is 1.67. The Balaban J connectivity index is 2.30. The van der Waals surface area contributed by atoms with E-state index in [0.717, 1.165) is 5.69 Å². The van der Waals surface area contributed by atoms with Crippen molar-refractivity contribution in [2.45, 2.75) is 38.8 Å². The van der Waals surface area contributed by atoms with Crippen LogP contribution in [0.15, 0.2) is 12.5 Å². The first-order valence-corrected chi connectivity index (χ1v) is 6.60. The van der Waals surface area contributed by atoms with E-state index in [2.05, 4.69) is 15.6 Å². The summed E-state index contributed by atoms with van der Waals surface area (Å²) in [6.07, 6.45) is 2.34. The normalized spacial score (nSPS) is 12.3. The van der Waals surface area contributed by atoms with Crippen LogP contribution in [0.1, 0.15) is 26.5 Å². The Kier molecular flexibility index (Phi) is 5.65. The predicted molar refractivity (Wildman–Crippen MR) is 74.1 cm³/mol. The second-order valence-corrected chi connectivity index (χ2v) is 5.81. The summed E-state index contributed by atoms with van der Waals surface area (Å²) in [6.45, 7) is 3.95. The third kappa shape index (κ3) is 7.03. The number of nitrogens with zero attached hydrogens (tertiary/aromatic N) is 2. The first-order valence-electron chi connectivity index (χ1n) is 6.60. The fourth-order valence-electron chi connectivity index (χ4n) is 1.51. The SMILES string of the molecule is Cn1cncc1CNCC(F)(F)CNC(=O)OC(C)(C)C. The topological polar surface area (TPSA) is 68.2 Å². The standard InChI is InChI=1S/C13H22F2N4O2/c1-12(2,3)21-11(20)18-8-13(14,15)7-16-5-10-6-17-9-19(10)4/h6,9,16H,5,7-8H2,1-4H3,(H,18,20). The van der Waals surface area contributed by atoms with Gasteiger partial charge < -0.3 is 19.9 Å². The molecule has 0 saturated heterocycles. The molecule has 6 nitrogen and oxygen atoms in total. The van der Waals surface area contributed by atoms with Gasteiger partial charge >= 0.3 is 6.09 Å². The van der Waals surface area contributed by atoms with E-state index in [9.17, 15) is 13.6 Å². The molecule has 0 atom stereocenters. The third-order valence-electron chi connectivity index (χ3n) is 2.50. The van der Waals surface area contributed by atoms with Crippen molar-refractivity contribution in [1.29, 1.82) is 0 Å². The van der Waals surface area contributed by atoms with Gasteiger partial charge in [0.05, 0.1) is 25.1 Å². The number of imidazole rings is 1. The number of aryl methyl sites for hydroxylation is 1. The average Bonchev–Trinajstić information content (AvgIpc) is 2.71. The van der Waals surface area contributed by atoms with E-state index in [1.165, 1.54) is 0 Å². The van der Waals surface area contributed by atoms with E-state index in [1.54, 1.807) is 44.9 Å². The van der Waals surface area contributed by atoms with Gasteiger partial charge in [-0.3, -0.25) is 0 Å². The van der Waals surface area contributed by atoms with Gasteiger partial charge in [-0.1, -0.05) is 0 Å². The van der Waals surface area contributed by atoms with Gasteiger partial charge in [0.25, 0.3) is 5.92 Å². The maximum atomic E-state index is 13.6. The molecule has 0 radical (unpaired) electrons. The van der Waals surface area contributed by atoms with Crippen LogP contribution in [0.3, 0.4) is 0 Å². The summed E-state index contributed by atoms with van der Waals surface area (Å²) in [6, 6.07) is 0. The highest BCUT2D eigenvalue weighted by Gasteiger charge is 2.30. The van der Waals surface area contributed by atoms with Gasteiger partial charge in [0.2, 0.25) is 0 Å². The van der Waals surface area contributed by atoms with Gasteiger partial charge in [-0.15, -0.1) is 0 Å². The highest BCUT2D eigenvalue weighted by atomic mass is 19.3. The lowest BCUT2D eigenvalue weighted by molar-refractivity contribution is -0.00385. The molecule has 1 aromatic rings. The number of alkyl halides is 2. The van der Waals surface area contributed by atoms with Crippen molar-refractivity contribution in [2.24, 2.45) is 7.05 Å². The molecular formula is C13H22F2N4O2. The van der Waals surface area contributed by atoms with Crippen LogP contribution >= 0.6 is 0 Å². The number of halogens is 2. The minimum Gasteiger partial charge on any atom is -0.444 e. The molecule has 1 rings (SSSR count). The van der Waals surface area contributed by atoms with Crippen molar-refractivity contribution in [1.82, 2.24) is 20.2 Å². The van der Waals surface area contributed by atoms with Crippen LogP contribution in [-0.2, 0) is 18.3 Å². The highest BCUT2D eigenvalue weighted by Crippen LogP contribution is 2.12. The number of hydrogen-bond acceptors (Lipinski definition) is 4. The summed E-state index contributed by atoms with van der Waals surface area (Å²) < 4.78 is 33.8. The number of nitrogens with one attached hydrogen (secondary N) is 2. The van der Waals surface area contributed by atoms with Gasteiger partial charge in [-0.2, -0.15) is 0 Å². The van der Waals surface area contributed by atoms with Crippen molar-refractivity contribution in [2.75, 3.05) is 13.1 Å². The van der Waals surface area contributed by atoms with Crippen LogP contribution in [0.25, 0.3) is 0 Å². The van der Waals surface area contributed by atoms with E-state index in [0.29, 0.717) is 0 Å². The summed E-state index contributed by atoms with van der Waals surface area (Å²) in [4.78, 5) is 15.2. The van der Waals surface area contributed by atoms with Crippen molar-refractivity contribution < 1.29 is 18.3 Å². The van der Waals surface area contributed by atoms with Crippen LogP contribution in [0.5, 0.6) is 0 Å². The Bertz CT molecular complexity index is 469. The minimum absolute atomic E-state index is 0.276. The molecular weight excluding hydrogens is 282 g/mol. The van der Waals surface area contributed by atoms with Gasteiger partial charge in [0, 0.05) is 19.8 Å². The van der Waals surface area contributed by atoms with Crippen LogP contribution in [0, 0.1) is 0 Å². The quantitative estimate of drug-likeness (QED) is 0.839. The number of aromatic nitrogens is 2. The lowest BCUT2D eigenvalue weighted by Gasteiger charge is -2.22. The molecule has 2 N–H and O–H groups in total. The number of rotatable bonds is 6.